The van der Waals surface area contributed by atoms with Crippen molar-refractivity contribution >= 4 is 46.0 Å². The summed E-state index contributed by atoms with van der Waals surface area (Å²) in [5.74, 6) is -3.97. The molecular weight excluding hydrogens is 594 g/mol. The third kappa shape index (κ3) is 7.03. The summed E-state index contributed by atoms with van der Waals surface area (Å²) < 4.78 is 1.48. The van der Waals surface area contributed by atoms with Crippen molar-refractivity contribution in [2.75, 3.05) is 6.54 Å². The minimum Gasteiger partial charge on any atom is -0.384 e. The molecule has 1 aliphatic heterocycles. The second kappa shape index (κ2) is 13.3. The van der Waals surface area contributed by atoms with Crippen molar-refractivity contribution < 1.29 is 29.1 Å². The normalized spacial score (nSPS) is 20.1. The first-order valence-electron chi connectivity index (χ1n) is 15.5. The average molecular weight is 634 g/mol. The van der Waals surface area contributed by atoms with Gasteiger partial charge >= 0.3 is 0 Å². The summed E-state index contributed by atoms with van der Waals surface area (Å²) in [5.41, 5.74) is 5.10. The van der Waals surface area contributed by atoms with Crippen molar-refractivity contribution in [3.05, 3.63) is 42.1 Å². The lowest BCUT2D eigenvalue weighted by Gasteiger charge is -2.27. The Labute approximate surface area is 265 Å². The molecule has 5 rings (SSSR count). The second-order valence-electron chi connectivity index (χ2n) is 12.7. The maximum Gasteiger partial charge on any atom is 0.293 e. The number of amides is 4. The zero-order valence-electron chi connectivity index (χ0n) is 26.1. The van der Waals surface area contributed by atoms with E-state index in [0.717, 1.165) is 37.5 Å². The number of fused-ring (bicyclic) bond motifs is 1. The predicted molar refractivity (Wildman–Crippen MR) is 165 cm³/mol. The van der Waals surface area contributed by atoms with Crippen LogP contribution in [0.5, 0.6) is 0 Å². The number of carbonyl (C=O) groups is 5. The van der Waals surface area contributed by atoms with Gasteiger partial charge in [-0.1, -0.05) is 37.3 Å². The maximum atomic E-state index is 14.4. The molecule has 3 aromatic rings. The number of nitrogens with zero attached hydrogens (tertiary/aromatic N) is 6. The number of likely N-dealkylation sites (tertiary alicyclic amines) is 1. The number of Topliss-reactive ketones (excluding diaryl/α,β-unsaturated/α-hetero) is 1. The molecule has 4 heterocycles. The number of hydrogen-bond acceptors (Lipinski definition) is 9. The summed E-state index contributed by atoms with van der Waals surface area (Å²) in [4.78, 5) is 77.9. The quantitative estimate of drug-likeness (QED) is 0.187. The van der Waals surface area contributed by atoms with E-state index in [1.54, 1.807) is 38.4 Å². The van der Waals surface area contributed by atoms with Crippen LogP contribution < -0.4 is 11.1 Å². The van der Waals surface area contributed by atoms with Crippen LogP contribution in [0.1, 0.15) is 87.9 Å². The van der Waals surface area contributed by atoms with Crippen LogP contribution >= 0.6 is 0 Å². The Balaban J connectivity index is 1.50. The summed E-state index contributed by atoms with van der Waals surface area (Å²) in [6, 6.07) is 0.420. The van der Waals surface area contributed by atoms with Gasteiger partial charge in [-0.2, -0.15) is 0 Å². The summed E-state index contributed by atoms with van der Waals surface area (Å²) in [6.45, 7) is 4.46. The van der Waals surface area contributed by atoms with Crippen LogP contribution in [0, 0.1) is 5.92 Å². The molecule has 0 aromatic carbocycles. The minimum absolute atomic E-state index is 0.0164. The van der Waals surface area contributed by atoms with E-state index < -0.39 is 53.1 Å². The molecule has 3 aromatic heterocycles. The fraction of sp³-hybridized carbons (Fsp3) is 0.516. The zero-order valence-corrected chi connectivity index (χ0v) is 26.1. The van der Waals surface area contributed by atoms with E-state index in [2.05, 4.69) is 30.6 Å². The van der Waals surface area contributed by atoms with E-state index in [1.165, 1.54) is 22.7 Å². The zero-order chi connectivity index (χ0) is 33.2. The van der Waals surface area contributed by atoms with E-state index >= 15 is 0 Å². The lowest BCUT2D eigenvalue weighted by atomic mass is 9.85. The van der Waals surface area contributed by atoms with Crippen molar-refractivity contribution in [3.63, 3.8) is 0 Å². The number of aliphatic imine (C=N–C) groups is 1. The Morgan fingerprint density at radius 1 is 1.17 bits per heavy atom. The maximum absolute atomic E-state index is 14.4. The molecule has 1 saturated heterocycles. The van der Waals surface area contributed by atoms with Gasteiger partial charge in [0.2, 0.25) is 11.7 Å². The number of nitrogens with two attached hydrogens (primary N) is 1. The topological polar surface area (TPSA) is 219 Å². The number of aliphatic hydroxyl groups is 1. The highest BCUT2D eigenvalue weighted by Gasteiger charge is 2.44. The fourth-order valence-corrected chi connectivity index (χ4v) is 6.29. The van der Waals surface area contributed by atoms with E-state index in [-0.39, 0.29) is 36.7 Å². The number of rotatable bonds is 10. The van der Waals surface area contributed by atoms with E-state index in [9.17, 15) is 29.1 Å². The Kier molecular flexibility index (Phi) is 9.42. The highest BCUT2D eigenvalue weighted by atomic mass is 16.3. The first kappa shape index (κ1) is 32.6. The van der Waals surface area contributed by atoms with Crippen molar-refractivity contribution in [3.8, 4) is 0 Å². The van der Waals surface area contributed by atoms with Gasteiger partial charge in [-0.05, 0) is 45.2 Å². The van der Waals surface area contributed by atoms with E-state index in [0.29, 0.717) is 11.2 Å². The number of aromatic nitrogens is 5. The molecule has 15 heteroatoms. The molecule has 1 aliphatic carbocycles. The highest BCUT2D eigenvalue weighted by molar-refractivity contribution is 6.41. The second-order valence-corrected chi connectivity index (χ2v) is 12.7. The monoisotopic (exact) mass is 633 g/mol. The van der Waals surface area contributed by atoms with Gasteiger partial charge < -0.3 is 26.0 Å². The minimum atomic E-state index is -1.32. The molecule has 244 valence electrons. The summed E-state index contributed by atoms with van der Waals surface area (Å²) in [6.07, 6.45) is 9.79. The molecule has 2 aliphatic rings. The standard InChI is InChI=1S/C31H39N9O6/c1-17(26(41)27(32)42)35-29(44)24-13-20(40-25(15-34-38-40)31(2,3)46)16-39(24)30(45)23(11-18-7-5-4-6-8-18)37-28(43)22-12-19-14-33-10-9-21(19)36-22/h9-10,12,14-15,17-18,20,24,36,46H,4-8,11,13,16H2,1-3H3,(H2,32,42)(H,35,44)/t17?,20-,24-/m0/s1. The van der Waals surface area contributed by atoms with Crippen molar-refractivity contribution in [1.82, 2.24) is 35.2 Å². The number of pyridine rings is 1. The van der Waals surface area contributed by atoms with Crippen molar-refractivity contribution in [2.45, 2.75) is 89.4 Å². The molecule has 0 radical (unpaired) electrons. The highest BCUT2D eigenvalue weighted by Crippen LogP contribution is 2.33. The van der Waals surface area contributed by atoms with Gasteiger partial charge in [0.25, 0.3) is 17.7 Å². The Hall–Kier alpha value is -4.79. The molecule has 0 bridgehead atoms. The molecule has 0 spiro atoms. The van der Waals surface area contributed by atoms with Crippen LogP contribution in [0.3, 0.4) is 0 Å². The predicted octanol–water partition coefficient (Wildman–Crippen LogP) is 1.33. The van der Waals surface area contributed by atoms with Crippen LogP contribution in [-0.4, -0.2) is 88.7 Å². The van der Waals surface area contributed by atoms with Crippen molar-refractivity contribution in [2.24, 2.45) is 16.6 Å². The van der Waals surface area contributed by atoms with Crippen LogP contribution in [0.4, 0.5) is 0 Å². The van der Waals surface area contributed by atoms with Gasteiger partial charge in [-0.25, -0.2) is 9.67 Å². The SMILES string of the molecule is CC(NC(=O)[C@@H]1C[C@H](n2nncc2C(C)(C)O)CN1C(=O)C(CC1CCCCC1)=NC(=O)c1cc2cnccc2[nH]1)C(=O)C(N)=O. The van der Waals surface area contributed by atoms with E-state index in [1.807, 2.05) is 0 Å². The molecule has 2 fully saturated rings. The Bertz CT molecular complexity index is 1650. The smallest absolute Gasteiger partial charge is 0.293 e. The van der Waals surface area contributed by atoms with Crippen molar-refractivity contribution in [1.29, 1.82) is 0 Å². The largest absolute Gasteiger partial charge is 0.384 e. The molecule has 1 unspecified atom stereocenters. The summed E-state index contributed by atoms with van der Waals surface area (Å²) >= 11 is 0. The van der Waals surface area contributed by atoms with Gasteiger partial charge in [0.15, 0.2) is 0 Å². The number of H-pyrrole nitrogens is 1. The number of aromatic amines is 1. The Morgan fingerprint density at radius 2 is 1.91 bits per heavy atom. The number of carbonyl (C=O) groups excluding carboxylic acids is 5. The average Bonchev–Trinajstić information content (AvgIpc) is 3.78. The van der Waals surface area contributed by atoms with Gasteiger partial charge in [-0.3, -0.25) is 29.0 Å². The molecule has 3 atom stereocenters. The molecule has 15 nitrogen and oxygen atoms in total. The summed E-state index contributed by atoms with van der Waals surface area (Å²) in [7, 11) is 0. The van der Waals surface area contributed by atoms with Gasteiger partial charge in [0, 0.05) is 36.3 Å². The lowest BCUT2D eigenvalue weighted by molar-refractivity contribution is -0.139. The Morgan fingerprint density at radius 3 is 2.59 bits per heavy atom. The molecule has 1 saturated carbocycles. The van der Waals surface area contributed by atoms with Crippen LogP contribution in [0.2, 0.25) is 0 Å². The number of nitrogens with one attached hydrogen (secondary N) is 2. The third-order valence-electron chi connectivity index (χ3n) is 8.73. The van der Waals surface area contributed by atoms with Gasteiger partial charge in [0.05, 0.1) is 24.0 Å². The van der Waals surface area contributed by atoms with Crippen LogP contribution in [0.15, 0.2) is 35.7 Å². The molecule has 5 N–H and O–H groups in total. The lowest BCUT2D eigenvalue weighted by Crippen LogP contribution is -2.52. The number of primary amides is 1. The third-order valence-corrected chi connectivity index (χ3v) is 8.73. The molecular formula is C31H39N9O6. The van der Waals surface area contributed by atoms with Gasteiger partial charge in [0.1, 0.15) is 23.0 Å². The van der Waals surface area contributed by atoms with Gasteiger partial charge in [-0.15, -0.1) is 5.10 Å². The first-order valence-corrected chi connectivity index (χ1v) is 15.5. The fourth-order valence-electron chi connectivity index (χ4n) is 6.29. The summed E-state index contributed by atoms with van der Waals surface area (Å²) in [5, 5.41) is 22.0. The number of hydrogen-bond donors (Lipinski definition) is 4. The molecule has 46 heavy (non-hydrogen) atoms. The first-order chi connectivity index (χ1) is 21.8. The number of ketones is 1. The van der Waals surface area contributed by atoms with Crippen LogP contribution in [-0.2, 0) is 24.8 Å². The van der Waals surface area contributed by atoms with E-state index in [4.69, 9.17) is 5.73 Å². The van der Waals surface area contributed by atoms with Crippen LogP contribution in [0.25, 0.3) is 10.9 Å². The molecule has 4 amide bonds.